The zero-order valence-electron chi connectivity index (χ0n) is 11.9. The van der Waals surface area contributed by atoms with E-state index in [9.17, 15) is 4.79 Å². The Morgan fingerprint density at radius 3 is 2.81 bits per heavy atom. The quantitative estimate of drug-likeness (QED) is 0.782. The maximum atomic E-state index is 11.9. The number of hydrogen-bond acceptors (Lipinski definition) is 2. The van der Waals surface area contributed by atoms with Crippen LogP contribution in [0.25, 0.3) is 16.6 Å². The van der Waals surface area contributed by atoms with Crippen molar-refractivity contribution in [1.29, 1.82) is 0 Å². The fraction of sp³-hybridized carbons (Fsp3) is 0.235. The SMILES string of the molecule is CN1CC(c2c[nH]c3cc(-n4ccccc4=O)ccc23)C1. The van der Waals surface area contributed by atoms with Crippen molar-refractivity contribution >= 4 is 10.9 Å². The average Bonchev–Trinajstić information content (AvgIpc) is 2.87. The Morgan fingerprint density at radius 2 is 2.05 bits per heavy atom. The van der Waals surface area contributed by atoms with E-state index in [0.29, 0.717) is 5.92 Å². The second-order valence-corrected chi connectivity index (χ2v) is 5.80. The molecule has 0 spiro atoms. The Morgan fingerprint density at radius 1 is 1.19 bits per heavy atom. The first-order valence-corrected chi connectivity index (χ1v) is 7.20. The number of hydrogen-bond donors (Lipinski definition) is 1. The van der Waals surface area contributed by atoms with Gasteiger partial charge in [0.15, 0.2) is 0 Å². The molecule has 4 rings (SSSR count). The first-order valence-electron chi connectivity index (χ1n) is 7.20. The molecule has 0 amide bonds. The maximum Gasteiger partial charge on any atom is 0.255 e. The summed E-state index contributed by atoms with van der Waals surface area (Å²) >= 11 is 0. The Hall–Kier alpha value is -2.33. The van der Waals surface area contributed by atoms with E-state index in [0.717, 1.165) is 24.3 Å². The molecule has 3 aromatic rings. The van der Waals surface area contributed by atoms with Crippen molar-refractivity contribution < 1.29 is 0 Å². The summed E-state index contributed by atoms with van der Waals surface area (Å²) in [5.74, 6) is 0.619. The van der Waals surface area contributed by atoms with Crippen molar-refractivity contribution in [3.8, 4) is 5.69 Å². The van der Waals surface area contributed by atoms with E-state index >= 15 is 0 Å². The van der Waals surface area contributed by atoms with Gasteiger partial charge in [-0.2, -0.15) is 0 Å². The Bertz CT molecular complexity index is 856. The van der Waals surface area contributed by atoms with Gasteiger partial charge in [-0.1, -0.05) is 12.1 Å². The number of rotatable bonds is 2. The van der Waals surface area contributed by atoms with Gasteiger partial charge in [-0.05, 0) is 30.8 Å². The molecule has 0 radical (unpaired) electrons. The van der Waals surface area contributed by atoms with Gasteiger partial charge in [0.25, 0.3) is 5.56 Å². The highest BCUT2D eigenvalue weighted by Crippen LogP contribution is 2.32. The van der Waals surface area contributed by atoms with Crippen molar-refractivity contribution in [2.45, 2.75) is 5.92 Å². The zero-order chi connectivity index (χ0) is 14.4. The van der Waals surface area contributed by atoms with E-state index in [1.807, 2.05) is 18.2 Å². The number of aromatic nitrogens is 2. The van der Waals surface area contributed by atoms with Crippen molar-refractivity contribution in [3.05, 3.63) is 64.7 Å². The van der Waals surface area contributed by atoms with Gasteiger partial charge < -0.3 is 9.88 Å². The molecule has 3 heterocycles. The van der Waals surface area contributed by atoms with E-state index in [1.54, 1.807) is 22.9 Å². The third-order valence-electron chi connectivity index (χ3n) is 4.30. The molecule has 1 aliphatic rings. The lowest BCUT2D eigenvalue weighted by molar-refractivity contribution is 0.190. The van der Waals surface area contributed by atoms with E-state index in [4.69, 9.17) is 0 Å². The summed E-state index contributed by atoms with van der Waals surface area (Å²) in [5, 5.41) is 1.26. The average molecular weight is 279 g/mol. The largest absolute Gasteiger partial charge is 0.361 e. The third-order valence-corrected chi connectivity index (χ3v) is 4.30. The number of fused-ring (bicyclic) bond motifs is 1. The lowest BCUT2D eigenvalue weighted by Crippen LogP contribution is -2.41. The van der Waals surface area contributed by atoms with Crippen LogP contribution >= 0.6 is 0 Å². The second-order valence-electron chi connectivity index (χ2n) is 5.80. The number of likely N-dealkylation sites (tertiary alicyclic amines) is 1. The van der Waals surface area contributed by atoms with Gasteiger partial charge in [0.2, 0.25) is 0 Å². The molecular weight excluding hydrogens is 262 g/mol. The van der Waals surface area contributed by atoms with E-state index in [-0.39, 0.29) is 5.56 Å². The van der Waals surface area contributed by atoms with E-state index < -0.39 is 0 Å². The van der Waals surface area contributed by atoms with Gasteiger partial charge in [0.05, 0.1) is 5.69 Å². The van der Waals surface area contributed by atoms with Gasteiger partial charge in [-0.3, -0.25) is 9.36 Å². The highest BCUT2D eigenvalue weighted by molar-refractivity contribution is 5.85. The second kappa shape index (κ2) is 4.60. The molecule has 0 unspecified atom stereocenters. The molecule has 1 fully saturated rings. The Labute approximate surface area is 122 Å². The summed E-state index contributed by atoms with van der Waals surface area (Å²) < 4.78 is 1.66. The van der Waals surface area contributed by atoms with Crippen LogP contribution in [0.15, 0.2) is 53.6 Å². The van der Waals surface area contributed by atoms with Crippen LogP contribution in [0.5, 0.6) is 0 Å². The summed E-state index contributed by atoms with van der Waals surface area (Å²) in [6, 6.07) is 11.4. The molecule has 1 aliphatic heterocycles. The topological polar surface area (TPSA) is 41.0 Å². The highest BCUT2D eigenvalue weighted by Gasteiger charge is 2.26. The van der Waals surface area contributed by atoms with Crippen LogP contribution in [0.2, 0.25) is 0 Å². The van der Waals surface area contributed by atoms with Crippen molar-refractivity contribution in [1.82, 2.24) is 14.5 Å². The summed E-state index contributed by atoms with van der Waals surface area (Å²) in [6.07, 6.45) is 3.91. The molecule has 0 aliphatic carbocycles. The van der Waals surface area contributed by atoms with Crippen LogP contribution in [0, 0.1) is 0 Å². The Kier molecular flexibility index (Phi) is 2.72. The maximum absolute atomic E-state index is 11.9. The molecule has 4 heteroatoms. The molecule has 0 saturated carbocycles. The lowest BCUT2D eigenvalue weighted by atomic mass is 9.92. The molecular formula is C17H17N3O. The normalized spacial score (nSPS) is 16.2. The number of H-pyrrole nitrogens is 1. The standard InChI is InChI=1S/C17H17N3O/c1-19-10-12(11-19)15-9-18-16-8-13(5-6-14(15)16)20-7-3-2-4-17(20)21/h2-9,12,18H,10-11H2,1H3. The molecule has 1 saturated heterocycles. The summed E-state index contributed by atoms with van der Waals surface area (Å²) in [7, 11) is 2.14. The lowest BCUT2D eigenvalue weighted by Gasteiger charge is -2.36. The Balaban J connectivity index is 1.78. The van der Waals surface area contributed by atoms with Crippen LogP contribution in [-0.2, 0) is 0 Å². The highest BCUT2D eigenvalue weighted by atomic mass is 16.1. The first kappa shape index (κ1) is 12.4. The molecule has 0 atom stereocenters. The fourth-order valence-electron chi connectivity index (χ4n) is 3.16. The van der Waals surface area contributed by atoms with Crippen LogP contribution in [0.4, 0.5) is 0 Å². The molecule has 106 valence electrons. The van der Waals surface area contributed by atoms with Crippen LogP contribution < -0.4 is 5.56 Å². The van der Waals surface area contributed by atoms with Crippen LogP contribution in [0.3, 0.4) is 0 Å². The van der Waals surface area contributed by atoms with Crippen molar-refractivity contribution in [2.24, 2.45) is 0 Å². The molecule has 2 aromatic heterocycles. The minimum Gasteiger partial charge on any atom is -0.361 e. The molecule has 1 N–H and O–H groups in total. The van der Waals surface area contributed by atoms with Gasteiger partial charge >= 0.3 is 0 Å². The fourth-order valence-corrected chi connectivity index (χ4v) is 3.16. The number of aromatic amines is 1. The van der Waals surface area contributed by atoms with E-state index in [1.165, 1.54) is 10.9 Å². The number of likely N-dealkylation sites (N-methyl/N-ethyl adjacent to an activating group) is 1. The molecule has 4 nitrogen and oxygen atoms in total. The van der Waals surface area contributed by atoms with Gasteiger partial charge in [0, 0.05) is 48.4 Å². The molecule has 0 bridgehead atoms. The number of nitrogens with one attached hydrogen (secondary N) is 1. The number of pyridine rings is 1. The first-order chi connectivity index (χ1) is 10.2. The van der Waals surface area contributed by atoms with Gasteiger partial charge in [-0.25, -0.2) is 0 Å². The van der Waals surface area contributed by atoms with E-state index in [2.05, 4.69) is 29.2 Å². The summed E-state index contributed by atoms with van der Waals surface area (Å²) in [5.41, 5.74) is 3.36. The number of nitrogens with zero attached hydrogens (tertiary/aromatic N) is 2. The minimum absolute atomic E-state index is 0.00996. The summed E-state index contributed by atoms with van der Waals surface area (Å²) in [4.78, 5) is 17.6. The molecule has 1 aromatic carbocycles. The summed E-state index contributed by atoms with van der Waals surface area (Å²) in [6.45, 7) is 2.24. The predicted octanol–water partition coefficient (Wildman–Crippen LogP) is 2.35. The smallest absolute Gasteiger partial charge is 0.255 e. The van der Waals surface area contributed by atoms with Crippen molar-refractivity contribution in [3.63, 3.8) is 0 Å². The monoisotopic (exact) mass is 279 g/mol. The minimum atomic E-state index is -0.00996. The van der Waals surface area contributed by atoms with Crippen molar-refractivity contribution in [2.75, 3.05) is 20.1 Å². The van der Waals surface area contributed by atoms with Gasteiger partial charge in [-0.15, -0.1) is 0 Å². The van der Waals surface area contributed by atoms with Crippen LogP contribution in [0.1, 0.15) is 11.5 Å². The number of benzene rings is 1. The van der Waals surface area contributed by atoms with Gasteiger partial charge in [0.1, 0.15) is 0 Å². The zero-order valence-corrected chi connectivity index (χ0v) is 11.9. The molecule has 21 heavy (non-hydrogen) atoms. The third kappa shape index (κ3) is 1.99. The van der Waals surface area contributed by atoms with Crippen LogP contribution in [-0.4, -0.2) is 34.6 Å². The predicted molar refractivity (Wildman–Crippen MR) is 84.1 cm³/mol.